The molecule has 1 aromatic rings. The number of benzene rings is 1. The lowest BCUT2D eigenvalue weighted by Crippen LogP contribution is -2.54. The number of nitrogens with one attached hydrogen (secondary N) is 3. The average Bonchev–Trinajstić information content (AvgIpc) is 2.97. The van der Waals surface area contributed by atoms with E-state index in [2.05, 4.69) is 20.9 Å². The molecule has 0 bridgehead atoms. The van der Waals surface area contributed by atoms with Crippen molar-refractivity contribution >= 4 is 18.0 Å². The van der Waals surface area contributed by atoms with Gasteiger partial charge in [0.2, 0.25) is 0 Å². The molecule has 8 heteroatoms. The fourth-order valence-electron chi connectivity index (χ4n) is 2.57. The summed E-state index contributed by atoms with van der Waals surface area (Å²) in [5.41, 5.74) is 0.183. The largest absolute Gasteiger partial charge is 0.444 e. The molecule has 1 aromatic carbocycles. The third-order valence-electron chi connectivity index (χ3n) is 3.80. The Morgan fingerprint density at radius 1 is 1.33 bits per heavy atom. The number of rotatable bonds is 5. The second-order valence-corrected chi connectivity index (χ2v) is 7.61. The number of alkyl carbamates (subject to hydrolysis) is 1. The molecule has 0 spiro atoms. The zero-order valence-electron chi connectivity index (χ0n) is 16.2. The van der Waals surface area contributed by atoms with Crippen LogP contribution in [0.5, 0.6) is 0 Å². The Labute approximate surface area is 159 Å². The molecule has 2 amide bonds. The topological polar surface area (TPSA) is 112 Å². The molecule has 2 rings (SSSR count). The number of hydrogen-bond donors (Lipinski definition) is 4. The van der Waals surface area contributed by atoms with Gasteiger partial charge in [-0.05, 0) is 39.7 Å². The van der Waals surface area contributed by atoms with Crippen molar-refractivity contribution in [3.8, 4) is 0 Å². The van der Waals surface area contributed by atoms with Gasteiger partial charge in [0.25, 0.3) is 5.91 Å². The van der Waals surface area contributed by atoms with E-state index >= 15 is 0 Å². The molecule has 1 heterocycles. The van der Waals surface area contributed by atoms with Crippen molar-refractivity contribution in [3.05, 3.63) is 35.9 Å². The van der Waals surface area contributed by atoms with Crippen LogP contribution >= 0.6 is 0 Å². The lowest BCUT2D eigenvalue weighted by atomic mass is 10.0. The van der Waals surface area contributed by atoms with Crippen LogP contribution in [0.25, 0.3) is 0 Å². The maximum atomic E-state index is 12.4. The smallest absolute Gasteiger partial charge is 0.407 e. The van der Waals surface area contributed by atoms with Gasteiger partial charge in [0.05, 0.1) is 12.6 Å². The Kier molecular flexibility index (Phi) is 6.79. The number of aliphatic hydroxyl groups is 1. The van der Waals surface area contributed by atoms with Crippen molar-refractivity contribution in [3.63, 3.8) is 0 Å². The third kappa shape index (κ3) is 6.90. The predicted octanol–water partition coefficient (Wildman–Crippen LogP) is 0.947. The minimum absolute atomic E-state index is 0.123. The van der Waals surface area contributed by atoms with Gasteiger partial charge in [-0.15, -0.1) is 0 Å². The summed E-state index contributed by atoms with van der Waals surface area (Å²) in [4.78, 5) is 28.7. The Morgan fingerprint density at radius 3 is 2.56 bits per heavy atom. The maximum absolute atomic E-state index is 12.4. The van der Waals surface area contributed by atoms with Crippen molar-refractivity contribution < 1.29 is 19.4 Å². The number of carbonyl (C=O) groups excluding carboxylic acids is 2. The molecule has 1 aliphatic heterocycles. The van der Waals surface area contributed by atoms with Crippen molar-refractivity contribution in [2.75, 3.05) is 6.54 Å². The lowest BCUT2D eigenvalue weighted by Gasteiger charge is -2.26. The first-order valence-electron chi connectivity index (χ1n) is 8.97. The third-order valence-corrected chi connectivity index (χ3v) is 3.80. The summed E-state index contributed by atoms with van der Waals surface area (Å²) in [7, 11) is 0. The maximum Gasteiger partial charge on any atom is 0.407 e. The molecule has 8 nitrogen and oxygen atoms in total. The highest BCUT2D eigenvalue weighted by Gasteiger charge is 2.31. The molecule has 1 unspecified atom stereocenters. The Morgan fingerprint density at radius 2 is 2.00 bits per heavy atom. The van der Waals surface area contributed by atoms with Crippen LogP contribution in [0.15, 0.2) is 35.3 Å². The molecule has 3 atom stereocenters. The average molecular weight is 376 g/mol. The summed E-state index contributed by atoms with van der Waals surface area (Å²) in [6, 6.07) is 8.56. The predicted molar refractivity (Wildman–Crippen MR) is 102 cm³/mol. The van der Waals surface area contributed by atoms with Gasteiger partial charge < -0.3 is 20.5 Å². The van der Waals surface area contributed by atoms with E-state index in [1.165, 1.54) is 0 Å². The summed E-state index contributed by atoms with van der Waals surface area (Å²) in [5.74, 6) is -0.324. The van der Waals surface area contributed by atoms with Crippen LogP contribution in [0.3, 0.4) is 0 Å². The molecule has 4 N–H and O–H groups in total. The van der Waals surface area contributed by atoms with E-state index in [0.717, 1.165) is 5.56 Å². The molecular weight excluding hydrogens is 348 g/mol. The molecule has 0 saturated heterocycles. The summed E-state index contributed by atoms with van der Waals surface area (Å²) in [6.07, 6.45) is -1.90. The Bertz CT molecular complexity index is 685. The van der Waals surface area contributed by atoms with Gasteiger partial charge in [0.1, 0.15) is 5.60 Å². The number of aliphatic hydroxyl groups excluding tert-OH is 1. The van der Waals surface area contributed by atoms with Gasteiger partial charge >= 0.3 is 6.09 Å². The second kappa shape index (κ2) is 8.85. The van der Waals surface area contributed by atoms with E-state index in [1.54, 1.807) is 20.8 Å². The fourth-order valence-corrected chi connectivity index (χ4v) is 2.57. The van der Waals surface area contributed by atoms with Gasteiger partial charge in [-0.3, -0.25) is 15.1 Å². The van der Waals surface area contributed by atoms with Crippen LogP contribution in [0.2, 0.25) is 0 Å². The number of nitrogens with zero attached hydrogens (tertiary/aromatic N) is 1. The quantitative estimate of drug-likeness (QED) is 0.611. The normalized spacial score (nSPS) is 18.7. The van der Waals surface area contributed by atoms with Crippen LogP contribution in [0.1, 0.15) is 33.3 Å². The Balaban J connectivity index is 2.07. The van der Waals surface area contributed by atoms with Crippen molar-refractivity contribution in [2.45, 2.75) is 57.9 Å². The zero-order valence-corrected chi connectivity index (χ0v) is 16.2. The highest BCUT2D eigenvalue weighted by molar-refractivity contribution is 6.00. The summed E-state index contributed by atoms with van der Waals surface area (Å²) < 4.78 is 5.25. The highest BCUT2D eigenvalue weighted by Crippen LogP contribution is 2.10. The molecule has 0 radical (unpaired) electrons. The van der Waals surface area contributed by atoms with E-state index in [-0.39, 0.29) is 12.5 Å². The molecule has 0 aliphatic carbocycles. The molecular formula is C19H28N4O4. The molecule has 0 fully saturated rings. The first-order chi connectivity index (χ1) is 12.6. The zero-order chi connectivity index (χ0) is 20.0. The van der Waals surface area contributed by atoms with E-state index < -0.39 is 29.7 Å². The number of guanidine groups is 1. The van der Waals surface area contributed by atoms with Crippen LogP contribution in [-0.4, -0.2) is 53.4 Å². The summed E-state index contributed by atoms with van der Waals surface area (Å²) in [6.45, 7) is 7.71. The number of ether oxygens (including phenoxy) is 1. The van der Waals surface area contributed by atoms with E-state index in [1.807, 2.05) is 37.3 Å². The molecule has 27 heavy (non-hydrogen) atoms. The molecule has 0 aromatic heterocycles. The summed E-state index contributed by atoms with van der Waals surface area (Å²) in [5, 5.41) is 18.7. The van der Waals surface area contributed by atoms with Gasteiger partial charge in [-0.25, -0.2) is 4.79 Å². The lowest BCUT2D eigenvalue weighted by molar-refractivity contribution is -0.129. The minimum atomic E-state index is -1.47. The van der Waals surface area contributed by atoms with E-state index in [0.29, 0.717) is 12.5 Å². The van der Waals surface area contributed by atoms with Gasteiger partial charge in [0, 0.05) is 6.04 Å². The first kappa shape index (κ1) is 20.7. The number of carbonyl (C=O) groups is 2. The van der Waals surface area contributed by atoms with Gasteiger partial charge in [0.15, 0.2) is 12.1 Å². The monoisotopic (exact) mass is 376 g/mol. The molecule has 148 valence electrons. The van der Waals surface area contributed by atoms with Crippen molar-refractivity contribution in [1.82, 2.24) is 16.0 Å². The SMILES string of the molecule is CC1CN=C(NC(=O)[C@H](O)[C@H](Cc2ccccc2)NC(=O)OC(C)(C)C)N1. The van der Waals surface area contributed by atoms with E-state index in [9.17, 15) is 14.7 Å². The van der Waals surface area contributed by atoms with Crippen LogP contribution < -0.4 is 16.0 Å². The Hall–Kier alpha value is -2.61. The number of aliphatic imine (C=N–C) groups is 1. The number of amides is 2. The van der Waals surface area contributed by atoms with E-state index in [4.69, 9.17) is 4.74 Å². The first-order valence-corrected chi connectivity index (χ1v) is 8.97. The van der Waals surface area contributed by atoms with Gasteiger partial charge in [-0.2, -0.15) is 0 Å². The van der Waals surface area contributed by atoms with Crippen molar-refractivity contribution in [2.24, 2.45) is 4.99 Å². The minimum Gasteiger partial charge on any atom is -0.444 e. The fraction of sp³-hybridized carbons (Fsp3) is 0.526. The summed E-state index contributed by atoms with van der Waals surface area (Å²) >= 11 is 0. The van der Waals surface area contributed by atoms with Gasteiger partial charge in [-0.1, -0.05) is 30.3 Å². The standard InChI is InChI=1S/C19H28N4O4/c1-12-11-20-17(21-12)23-16(25)15(24)14(10-13-8-6-5-7-9-13)22-18(26)27-19(2,3)4/h5-9,12,14-15,24H,10-11H2,1-4H3,(H,22,26)(H2,20,21,23,25)/t12?,14-,15+/m0/s1. The van der Waals surface area contributed by atoms with Crippen LogP contribution in [0, 0.1) is 0 Å². The molecule has 0 saturated carbocycles. The van der Waals surface area contributed by atoms with Crippen LogP contribution in [0.4, 0.5) is 4.79 Å². The second-order valence-electron chi connectivity index (χ2n) is 7.61. The highest BCUT2D eigenvalue weighted by atomic mass is 16.6. The number of hydrogen-bond acceptors (Lipinski definition) is 6. The van der Waals surface area contributed by atoms with Crippen molar-refractivity contribution in [1.29, 1.82) is 0 Å². The van der Waals surface area contributed by atoms with Crippen LogP contribution in [-0.2, 0) is 16.0 Å². The molecule has 1 aliphatic rings.